The van der Waals surface area contributed by atoms with Crippen molar-refractivity contribution < 1.29 is 4.42 Å². The van der Waals surface area contributed by atoms with Crippen molar-refractivity contribution in [2.45, 2.75) is 199 Å². The fourth-order valence-electron chi connectivity index (χ4n) is 16.3. The molecule has 1 saturated carbocycles. The number of benzene rings is 7. The van der Waals surface area contributed by atoms with E-state index in [-0.39, 0.29) is 50.0 Å². The molecule has 2 atom stereocenters. The zero-order valence-electron chi connectivity index (χ0n) is 50.5. The first-order valence-electron chi connectivity index (χ1n) is 30.1. The van der Waals surface area contributed by atoms with Crippen molar-refractivity contribution in [3.05, 3.63) is 172 Å². The van der Waals surface area contributed by atoms with Crippen LogP contribution in [0.15, 0.2) is 132 Å². The fraction of sp³-hybridized carbons (Fsp3) is 0.413. The molecule has 3 heterocycles. The van der Waals surface area contributed by atoms with Crippen molar-refractivity contribution in [2.75, 3.05) is 9.80 Å². The summed E-state index contributed by atoms with van der Waals surface area (Å²) >= 11 is 0. The van der Waals surface area contributed by atoms with E-state index in [4.69, 9.17) is 4.42 Å². The number of anilines is 6. The lowest BCUT2D eigenvalue weighted by atomic mass is 9.35. The molecule has 2 bridgehead atoms. The Morgan fingerprint density at radius 3 is 1.44 bits per heavy atom. The summed E-state index contributed by atoms with van der Waals surface area (Å²) in [5.41, 5.74) is 28.8. The summed E-state index contributed by atoms with van der Waals surface area (Å²) in [5, 5.41) is 1.23. The third-order valence-electron chi connectivity index (χ3n) is 21.4. The maximum absolute atomic E-state index is 7.92. The molecule has 8 aromatic rings. The maximum Gasteiger partial charge on any atom is 0.297 e. The van der Waals surface area contributed by atoms with Gasteiger partial charge < -0.3 is 14.2 Å². The van der Waals surface area contributed by atoms with Crippen LogP contribution in [0.2, 0.25) is 0 Å². The number of fused-ring (bicyclic) bond motifs is 13. The summed E-state index contributed by atoms with van der Waals surface area (Å²) < 4.78 is 7.92. The minimum atomic E-state index is -0.189. The Morgan fingerprint density at radius 1 is 0.418 bits per heavy atom. The number of hydrogen-bond acceptors (Lipinski definition) is 3. The van der Waals surface area contributed by atoms with Crippen LogP contribution in [-0.2, 0) is 43.3 Å². The molecule has 0 spiro atoms. The van der Waals surface area contributed by atoms with Gasteiger partial charge in [-0.1, -0.05) is 184 Å². The van der Waals surface area contributed by atoms with Crippen LogP contribution in [0.4, 0.5) is 34.1 Å². The molecule has 6 aliphatic rings. The highest BCUT2D eigenvalue weighted by Gasteiger charge is 2.55. The molecule has 79 heavy (non-hydrogen) atoms. The lowest BCUT2D eigenvalue weighted by Gasteiger charge is -2.48. The summed E-state index contributed by atoms with van der Waals surface area (Å²) in [4.78, 5) is 5.48. The minimum Gasteiger partial charge on any atom is -0.468 e. The van der Waals surface area contributed by atoms with E-state index >= 15 is 0 Å². The standard InChI is InChI=1S/C75H83BN2O/c1-68(2,3)47-27-28-59(49(35-47)45-23-19-17-20-24-45)78-63-37-48(69(4,5)6)36-62-65(63)76(67-66(78)51-39-56-57(43-64(51)79-67)75(16)34-33-74(56,15)44-75)58-40-53-55(73(13,14)32-30-71(53,9)10)42-61(58)77(62)60-41-54-52(70(7,8)29-31-72(54,11)12)38-50(60)46-25-21-18-22-26-46/h17-28,35-43H,29-34,44H2,1-16H3. The predicted octanol–water partition coefficient (Wildman–Crippen LogP) is 18.9. The van der Waals surface area contributed by atoms with Gasteiger partial charge in [0.15, 0.2) is 0 Å². The largest absolute Gasteiger partial charge is 0.468 e. The predicted molar refractivity (Wildman–Crippen MR) is 338 cm³/mol. The van der Waals surface area contributed by atoms with E-state index in [1.54, 1.807) is 0 Å². The Bertz CT molecular complexity index is 3890. The van der Waals surface area contributed by atoms with Crippen molar-refractivity contribution in [1.82, 2.24) is 0 Å². The minimum absolute atomic E-state index is 0.00848. The van der Waals surface area contributed by atoms with E-state index in [9.17, 15) is 0 Å². The smallest absolute Gasteiger partial charge is 0.297 e. The van der Waals surface area contributed by atoms with Crippen LogP contribution in [0.1, 0.15) is 200 Å². The molecule has 7 aromatic carbocycles. The quantitative estimate of drug-likeness (QED) is 0.164. The summed E-state index contributed by atoms with van der Waals surface area (Å²) in [6, 6.07) is 50.9. The van der Waals surface area contributed by atoms with Gasteiger partial charge in [-0.15, -0.1) is 0 Å². The molecule has 0 saturated heterocycles. The van der Waals surface area contributed by atoms with Gasteiger partial charge in [-0.25, -0.2) is 0 Å². The van der Waals surface area contributed by atoms with Crippen LogP contribution < -0.4 is 26.4 Å². The van der Waals surface area contributed by atoms with Crippen molar-refractivity contribution in [2.24, 2.45) is 0 Å². The van der Waals surface area contributed by atoms with Gasteiger partial charge in [-0.05, 0) is 209 Å². The first-order valence-corrected chi connectivity index (χ1v) is 30.1. The van der Waals surface area contributed by atoms with Crippen molar-refractivity contribution in [3.8, 4) is 22.3 Å². The molecule has 14 rings (SSSR count). The zero-order valence-corrected chi connectivity index (χ0v) is 50.5. The second-order valence-electron chi connectivity index (χ2n) is 30.9. The Kier molecular flexibility index (Phi) is 10.5. The van der Waals surface area contributed by atoms with E-state index in [1.807, 2.05) is 0 Å². The summed E-state index contributed by atoms with van der Waals surface area (Å²) in [7, 11) is 0. The van der Waals surface area contributed by atoms with Gasteiger partial charge in [-0.3, -0.25) is 0 Å². The van der Waals surface area contributed by atoms with Crippen LogP contribution in [0, 0.1) is 0 Å². The second-order valence-corrected chi connectivity index (χ2v) is 30.9. The molecule has 0 radical (unpaired) electrons. The van der Waals surface area contributed by atoms with Gasteiger partial charge in [0.1, 0.15) is 5.58 Å². The van der Waals surface area contributed by atoms with E-state index in [0.717, 1.165) is 36.9 Å². The van der Waals surface area contributed by atoms with E-state index in [0.29, 0.717) is 0 Å². The van der Waals surface area contributed by atoms with Gasteiger partial charge >= 0.3 is 0 Å². The molecule has 402 valence electrons. The second kappa shape index (κ2) is 16.2. The normalized spacial score (nSPS) is 22.5. The zero-order chi connectivity index (χ0) is 55.5. The summed E-state index contributed by atoms with van der Waals surface area (Å²) in [5.74, 6) is 0. The maximum atomic E-state index is 7.92. The number of hydrogen-bond donors (Lipinski definition) is 0. The van der Waals surface area contributed by atoms with Crippen molar-refractivity contribution in [3.63, 3.8) is 0 Å². The number of nitrogens with zero attached hydrogens (tertiary/aromatic N) is 2. The Labute approximate surface area is 473 Å². The molecule has 0 N–H and O–H groups in total. The Morgan fingerprint density at radius 2 is 0.899 bits per heavy atom. The highest BCUT2D eigenvalue weighted by Crippen LogP contribution is 2.63. The topological polar surface area (TPSA) is 19.6 Å². The molecule has 4 heteroatoms. The van der Waals surface area contributed by atoms with E-state index in [2.05, 4.69) is 248 Å². The summed E-state index contributed by atoms with van der Waals surface area (Å²) in [6.45, 7) is 39.1. The van der Waals surface area contributed by atoms with Crippen LogP contribution in [0.3, 0.4) is 0 Å². The Balaban J connectivity index is 1.17. The van der Waals surface area contributed by atoms with Crippen LogP contribution in [0.5, 0.6) is 0 Å². The SMILES string of the molecule is CC(C)(C)c1ccc(N2c3cc(C(C)(C)C)cc4c3B(c3cc5c(cc3N4c3cc4c(cc3-c3ccccc3)C(C)(C)CCC4(C)C)C(C)(C)CCC5(C)C)c3oc4cc5c(cc4c32)C2(C)CCC5(C)C2)c(-c2ccccc2)c1. The number of furan rings is 1. The van der Waals surface area contributed by atoms with Gasteiger partial charge in [0.05, 0.1) is 22.7 Å². The lowest BCUT2D eigenvalue weighted by molar-refractivity contribution is 0.332. The highest BCUT2D eigenvalue weighted by atomic mass is 16.3. The fourth-order valence-corrected chi connectivity index (χ4v) is 16.3. The average molecular weight is 1040 g/mol. The molecule has 1 fully saturated rings. The van der Waals surface area contributed by atoms with Gasteiger partial charge in [0.25, 0.3) is 6.71 Å². The molecule has 2 unspecified atom stereocenters. The lowest BCUT2D eigenvalue weighted by Crippen LogP contribution is -2.61. The van der Waals surface area contributed by atoms with Crippen LogP contribution in [0.25, 0.3) is 33.2 Å². The molecule has 2 aliphatic heterocycles. The summed E-state index contributed by atoms with van der Waals surface area (Å²) in [6.07, 6.45) is 8.24. The highest BCUT2D eigenvalue weighted by molar-refractivity contribution is 7.00. The van der Waals surface area contributed by atoms with Crippen molar-refractivity contribution >= 4 is 68.4 Å². The van der Waals surface area contributed by atoms with Gasteiger partial charge in [0.2, 0.25) is 0 Å². The average Bonchev–Trinajstić information content (AvgIpc) is 3.71. The van der Waals surface area contributed by atoms with E-state index < -0.39 is 0 Å². The van der Waals surface area contributed by atoms with Crippen molar-refractivity contribution in [1.29, 1.82) is 0 Å². The molecule has 3 nitrogen and oxygen atoms in total. The molecular weight excluding hydrogens is 956 g/mol. The number of rotatable bonds is 4. The third-order valence-corrected chi connectivity index (χ3v) is 21.4. The van der Waals surface area contributed by atoms with Crippen LogP contribution >= 0.6 is 0 Å². The Hall–Kier alpha value is -6.26. The van der Waals surface area contributed by atoms with Gasteiger partial charge in [0, 0.05) is 33.6 Å². The monoisotopic (exact) mass is 1040 g/mol. The van der Waals surface area contributed by atoms with Gasteiger partial charge in [-0.2, -0.15) is 0 Å². The molecule has 0 amide bonds. The molecular formula is C75H83BN2O. The van der Waals surface area contributed by atoms with E-state index in [1.165, 1.54) is 136 Å². The first-order chi connectivity index (χ1) is 37.1. The van der Waals surface area contributed by atoms with Crippen LogP contribution in [-0.4, -0.2) is 6.71 Å². The first kappa shape index (κ1) is 50.9. The molecule has 4 aliphatic carbocycles. The molecule has 1 aromatic heterocycles. The third kappa shape index (κ3) is 7.36.